The molecule has 2 aromatic rings. The van der Waals surface area contributed by atoms with Gasteiger partial charge in [0, 0.05) is 29.9 Å². The minimum atomic E-state index is -3.73. The van der Waals surface area contributed by atoms with Crippen molar-refractivity contribution in [3.8, 4) is 0 Å². The Morgan fingerprint density at radius 1 is 1.00 bits per heavy atom. The van der Waals surface area contributed by atoms with Crippen LogP contribution < -0.4 is 10.0 Å². The van der Waals surface area contributed by atoms with Gasteiger partial charge in [0.25, 0.3) is 10.0 Å². The van der Waals surface area contributed by atoms with Crippen LogP contribution in [0, 0.1) is 12.8 Å². The Bertz CT molecular complexity index is 1040. The third-order valence-electron chi connectivity index (χ3n) is 5.04. The van der Waals surface area contributed by atoms with Gasteiger partial charge in [-0.25, -0.2) is 8.42 Å². The lowest BCUT2D eigenvalue weighted by Crippen LogP contribution is -2.42. The zero-order chi connectivity index (χ0) is 22.1. The summed E-state index contributed by atoms with van der Waals surface area (Å²) in [6.45, 7) is 8.12. The van der Waals surface area contributed by atoms with E-state index < -0.39 is 15.9 Å². The third kappa shape index (κ3) is 4.99. The van der Waals surface area contributed by atoms with E-state index in [4.69, 9.17) is 0 Å². The molecule has 7 nitrogen and oxygen atoms in total. The van der Waals surface area contributed by atoms with Crippen LogP contribution in [0.15, 0.2) is 53.4 Å². The number of nitrogens with zero attached hydrogens (tertiary/aromatic N) is 1. The van der Waals surface area contributed by atoms with Gasteiger partial charge in [-0.1, -0.05) is 17.7 Å². The number of hydrogen-bond donors (Lipinski definition) is 2. The van der Waals surface area contributed by atoms with E-state index in [2.05, 4.69) is 10.0 Å². The van der Waals surface area contributed by atoms with Crippen molar-refractivity contribution in [3.63, 3.8) is 0 Å². The average Bonchev–Trinajstić information content (AvgIpc) is 3.06. The number of rotatable bonds is 5. The molecule has 8 heteroatoms. The SMILES string of the molecule is Cc1ccc(NS(=O)(=O)c2ccc(NC(=O)C3CC(=O)N(C(C)(C)C)C3)cc2)cc1. The highest BCUT2D eigenvalue weighted by molar-refractivity contribution is 7.92. The normalized spacial score (nSPS) is 17.1. The van der Waals surface area contributed by atoms with Gasteiger partial charge in [-0.2, -0.15) is 0 Å². The highest BCUT2D eigenvalue weighted by Gasteiger charge is 2.39. The number of likely N-dealkylation sites (tertiary alicyclic amines) is 1. The number of hydrogen-bond acceptors (Lipinski definition) is 4. The highest BCUT2D eigenvalue weighted by atomic mass is 32.2. The lowest BCUT2D eigenvalue weighted by atomic mass is 10.1. The average molecular weight is 430 g/mol. The van der Waals surface area contributed by atoms with Crippen LogP contribution in [0.4, 0.5) is 11.4 Å². The number of sulfonamides is 1. The molecule has 1 unspecified atom stereocenters. The van der Waals surface area contributed by atoms with Crippen molar-refractivity contribution >= 4 is 33.2 Å². The number of nitrogens with one attached hydrogen (secondary N) is 2. The number of benzene rings is 2. The zero-order valence-electron chi connectivity index (χ0n) is 17.6. The summed E-state index contributed by atoms with van der Waals surface area (Å²) in [7, 11) is -3.73. The molecule has 0 spiro atoms. The molecule has 2 amide bonds. The van der Waals surface area contributed by atoms with Crippen LogP contribution in [-0.4, -0.2) is 37.2 Å². The van der Waals surface area contributed by atoms with E-state index in [1.54, 1.807) is 29.2 Å². The first kappa shape index (κ1) is 21.8. The standard InChI is InChI=1S/C22H27N3O4S/c1-15-5-7-18(8-6-15)24-30(28,29)19-11-9-17(10-12-19)23-21(27)16-13-20(26)25(14-16)22(2,3)4/h5-12,16,24H,13-14H2,1-4H3,(H,23,27). The Hall–Kier alpha value is -2.87. The quantitative estimate of drug-likeness (QED) is 0.762. The maximum Gasteiger partial charge on any atom is 0.261 e. The minimum absolute atomic E-state index is 0.0359. The van der Waals surface area contributed by atoms with Gasteiger partial charge in [-0.3, -0.25) is 14.3 Å². The summed E-state index contributed by atoms with van der Waals surface area (Å²) in [5.74, 6) is -0.710. The lowest BCUT2D eigenvalue weighted by molar-refractivity contribution is -0.131. The van der Waals surface area contributed by atoms with Crippen molar-refractivity contribution in [1.29, 1.82) is 0 Å². The summed E-state index contributed by atoms with van der Waals surface area (Å²) >= 11 is 0. The lowest BCUT2D eigenvalue weighted by Gasteiger charge is -2.31. The van der Waals surface area contributed by atoms with Crippen LogP contribution in [0.1, 0.15) is 32.8 Å². The minimum Gasteiger partial charge on any atom is -0.337 e. The van der Waals surface area contributed by atoms with E-state index in [1.165, 1.54) is 12.1 Å². The van der Waals surface area contributed by atoms with Crippen molar-refractivity contribution in [2.24, 2.45) is 5.92 Å². The molecule has 1 aliphatic heterocycles. The number of aryl methyl sites for hydroxylation is 1. The second kappa shape index (κ2) is 8.10. The Morgan fingerprint density at radius 3 is 2.10 bits per heavy atom. The summed E-state index contributed by atoms with van der Waals surface area (Å²) in [6, 6.07) is 13.0. The van der Waals surface area contributed by atoms with Gasteiger partial charge in [0.15, 0.2) is 0 Å². The van der Waals surface area contributed by atoms with Crippen LogP contribution in [0.5, 0.6) is 0 Å². The van der Waals surface area contributed by atoms with Crippen LogP contribution in [-0.2, 0) is 19.6 Å². The van der Waals surface area contributed by atoms with Gasteiger partial charge in [-0.15, -0.1) is 0 Å². The molecule has 0 saturated carbocycles. The first-order chi connectivity index (χ1) is 14.0. The molecule has 1 atom stereocenters. The van der Waals surface area contributed by atoms with E-state index in [-0.39, 0.29) is 28.7 Å². The Kier molecular flexibility index (Phi) is 5.90. The van der Waals surface area contributed by atoms with Crippen LogP contribution >= 0.6 is 0 Å². The van der Waals surface area contributed by atoms with E-state index in [0.29, 0.717) is 17.9 Å². The monoisotopic (exact) mass is 429 g/mol. The molecule has 2 aromatic carbocycles. The zero-order valence-corrected chi connectivity index (χ0v) is 18.4. The van der Waals surface area contributed by atoms with E-state index >= 15 is 0 Å². The van der Waals surface area contributed by atoms with Gasteiger partial charge in [0.1, 0.15) is 0 Å². The van der Waals surface area contributed by atoms with Crippen LogP contribution in [0.2, 0.25) is 0 Å². The largest absolute Gasteiger partial charge is 0.337 e. The number of anilines is 2. The Balaban J connectivity index is 1.65. The van der Waals surface area contributed by atoms with Crippen molar-refractivity contribution in [2.45, 2.75) is 44.6 Å². The highest BCUT2D eigenvalue weighted by Crippen LogP contribution is 2.27. The maximum absolute atomic E-state index is 12.6. The van der Waals surface area contributed by atoms with E-state index in [0.717, 1.165) is 5.56 Å². The van der Waals surface area contributed by atoms with Crippen LogP contribution in [0.25, 0.3) is 0 Å². The molecule has 0 bridgehead atoms. The third-order valence-corrected chi connectivity index (χ3v) is 6.44. The molecule has 1 aliphatic rings. The number of carbonyl (C=O) groups is 2. The van der Waals surface area contributed by atoms with Gasteiger partial charge in [0.2, 0.25) is 11.8 Å². The van der Waals surface area contributed by atoms with E-state index in [9.17, 15) is 18.0 Å². The molecule has 1 fully saturated rings. The summed E-state index contributed by atoms with van der Waals surface area (Å²) in [4.78, 5) is 26.6. The number of carbonyl (C=O) groups excluding carboxylic acids is 2. The van der Waals surface area contributed by atoms with Gasteiger partial charge in [0.05, 0.1) is 10.8 Å². The van der Waals surface area contributed by atoms with Crippen molar-refractivity contribution in [3.05, 3.63) is 54.1 Å². The van der Waals surface area contributed by atoms with Crippen molar-refractivity contribution in [2.75, 3.05) is 16.6 Å². The molecule has 160 valence electrons. The predicted octanol–water partition coefficient (Wildman–Crippen LogP) is 3.38. The Labute approximate surface area is 177 Å². The number of amides is 2. The van der Waals surface area contributed by atoms with Crippen molar-refractivity contribution in [1.82, 2.24) is 4.90 Å². The fourth-order valence-corrected chi connectivity index (χ4v) is 4.39. The topological polar surface area (TPSA) is 95.6 Å². The first-order valence-corrected chi connectivity index (χ1v) is 11.2. The fourth-order valence-electron chi connectivity index (χ4n) is 3.33. The van der Waals surface area contributed by atoms with Crippen molar-refractivity contribution < 1.29 is 18.0 Å². The molecule has 0 aliphatic carbocycles. The molecule has 30 heavy (non-hydrogen) atoms. The Morgan fingerprint density at radius 2 is 1.57 bits per heavy atom. The van der Waals surface area contributed by atoms with Gasteiger partial charge in [-0.05, 0) is 64.1 Å². The van der Waals surface area contributed by atoms with Gasteiger partial charge < -0.3 is 10.2 Å². The van der Waals surface area contributed by atoms with E-state index in [1.807, 2.05) is 39.8 Å². The molecule has 0 aromatic heterocycles. The second-order valence-electron chi connectivity index (χ2n) is 8.56. The molecule has 2 N–H and O–H groups in total. The van der Waals surface area contributed by atoms with Gasteiger partial charge >= 0.3 is 0 Å². The molecule has 3 rings (SSSR count). The predicted molar refractivity (Wildman–Crippen MR) is 117 cm³/mol. The first-order valence-electron chi connectivity index (χ1n) is 9.76. The maximum atomic E-state index is 12.6. The summed E-state index contributed by atoms with van der Waals surface area (Å²) < 4.78 is 27.6. The molecule has 1 heterocycles. The summed E-state index contributed by atoms with van der Waals surface area (Å²) in [6.07, 6.45) is 0.177. The molecule has 0 radical (unpaired) electrons. The summed E-state index contributed by atoms with van der Waals surface area (Å²) in [5.41, 5.74) is 1.67. The molecular weight excluding hydrogens is 402 g/mol. The fraction of sp³-hybridized carbons (Fsp3) is 0.364. The summed E-state index contributed by atoms with van der Waals surface area (Å²) in [5, 5.41) is 2.78. The van der Waals surface area contributed by atoms with Crippen LogP contribution in [0.3, 0.4) is 0 Å². The molecular formula is C22H27N3O4S. The molecule has 1 saturated heterocycles. The second-order valence-corrected chi connectivity index (χ2v) is 10.2. The smallest absolute Gasteiger partial charge is 0.261 e.